The van der Waals surface area contributed by atoms with Crippen molar-refractivity contribution in [2.24, 2.45) is 0 Å². The van der Waals surface area contributed by atoms with Crippen molar-refractivity contribution >= 4 is 11.8 Å². The van der Waals surface area contributed by atoms with Crippen LogP contribution in [0.2, 0.25) is 0 Å². The first-order valence-corrected chi connectivity index (χ1v) is 7.75. The summed E-state index contributed by atoms with van der Waals surface area (Å²) in [6.45, 7) is 6.69. The number of rotatable bonds is 3. The molecule has 1 heterocycles. The maximum atomic E-state index is 11.8. The van der Waals surface area contributed by atoms with Gasteiger partial charge in [0.05, 0.1) is 0 Å². The molecule has 1 unspecified atom stereocenters. The number of ether oxygens (including phenoxy) is 1. The molecule has 0 aromatic heterocycles. The molecule has 1 aliphatic heterocycles. The third-order valence-electron chi connectivity index (χ3n) is 3.47. The normalized spacial score (nSPS) is 19.1. The van der Waals surface area contributed by atoms with E-state index in [-0.39, 0.29) is 0 Å². The van der Waals surface area contributed by atoms with Crippen LogP contribution < -0.4 is 10.6 Å². The zero-order valence-corrected chi connectivity index (χ0v) is 13.2. The number of piperidine rings is 1. The smallest absolute Gasteiger partial charge is 0.412 e. The summed E-state index contributed by atoms with van der Waals surface area (Å²) >= 11 is 0. The molecule has 1 saturated heterocycles. The zero-order chi connectivity index (χ0) is 15.3. The molecule has 2 rings (SSSR count). The van der Waals surface area contributed by atoms with Crippen LogP contribution >= 0.6 is 0 Å². The molecule has 1 amide bonds. The van der Waals surface area contributed by atoms with Crippen LogP contribution in [0.15, 0.2) is 24.3 Å². The molecule has 0 saturated carbocycles. The Bertz CT molecular complexity index is 474. The first kappa shape index (κ1) is 15.8. The lowest BCUT2D eigenvalue weighted by atomic mass is 9.97. The van der Waals surface area contributed by atoms with Gasteiger partial charge in [-0.15, -0.1) is 0 Å². The number of anilines is 1. The number of hydrogen-bond donors (Lipinski definition) is 2. The molecule has 4 nitrogen and oxygen atoms in total. The highest BCUT2D eigenvalue weighted by molar-refractivity contribution is 5.84. The van der Waals surface area contributed by atoms with E-state index in [1.807, 2.05) is 39.0 Å². The van der Waals surface area contributed by atoms with Gasteiger partial charge in [0.15, 0.2) is 0 Å². The van der Waals surface area contributed by atoms with Gasteiger partial charge in [-0.2, -0.15) is 0 Å². The Labute approximate surface area is 127 Å². The summed E-state index contributed by atoms with van der Waals surface area (Å²) in [5.41, 5.74) is 1.55. The fourth-order valence-corrected chi connectivity index (χ4v) is 2.58. The zero-order valence-electron chi connectivity index (χ0n) is 13.2. The second-order valence-electron chi connectivity index (χ2n) is 6.68. The molecular formula is C17H26N2O2. The van der Waals surface area contributed by atoms with Crippen LogP contribution in [0.25, 0.3) is 0 Å². The molecule has 1 aromatic rings. The van der Waals surface area contributed by atoms with Crippen molar-refractivity contribution in [1.29, 1.82) is 0 Å². The van der Waals surface area contributed by atoms with Gasteiger partial charge in [0.2, 0.25) is 0 Å². The van der Waals surface area contributed by atoms with E-state index in [9.17, 15) is 4.79 Å². The third-order valence-corrected chi connectivity index (χ3v) is 3.47. The molecule has 0 bridgehead atoms. The molecule has 1 fully saturated rings. The van der Waals surface area contributed by atoms with Gasteiger partial charge in [-0.3, -0.25) is 5.32 Å². The standard InChI is InChI=1S/C17H26N2O2/c1-17(2,3)21-16(20)19-15-9-6-7-13(12-15)11-14-8-4-5-10-18-14/h6-7,9,12,14,18H,4-5,8,10-11H2,1-3H3,(H,19,20). The van der Waals surface area contributed by atoms with Crippen LogP contribution in [0, 0.1) is 0 Å². The Morgan fingerprint density at radius 3 is 2.86 bits per heavy atom. The molecule has 4 heteroatoms. The van der Waals surface area contributed by atoms with Crippen LogP contribution in [0.4, 0.5) is 10.5 Å². The van der Waals surface area contributed by atoms with E-state index in [2.05, 4.69) is 16.7 Å². The van der Waals surface area contributed by atoms with E-state index >= 15 is 0 Å². The summed E-state index contributed by atoms with van der Waals surface area (Å²) in [7, 11) is 0. The van der Waals surface area contributed by atoms with Gasteiger partial charge in [0.25, 0.3) is 0 Å². The summed E-state index contributed by atoms with van der Waals surface area (Å²) in [6, 6.07) is 8.55. The Hall–Kier alpha value is -1.55. The number of nitrogens with one attached hydrogen (secondary N) is 2. The molecule has 1 aromatic carbocycles. The van der Waals surface area contributed by atoms with Crippen molar-refractivity contribution < 1.29 is 9.53 Å². The molecule has 0 radical (unpaired) electrons. The minimum atomic E-state index is -0.478. The van der Waals surface area contributed by atoms with E-state index in [4.69, 9.17) is 4.74 Å². The van der Waals surface area contributed by atoms with Crippen molar-refractivity contribution in [3.05, 3.63) is 29.8 Å². The lowest BCUT2D eigenvalue weighted by molar-refractivity contribution is 0.0636. The van der Waals surface area contributed by atoms with Gasteiger partial charge in [-0.1, -0.05) is 18.6 Å². The largest absolute Gasteiger partial charge is 0.444 e. The van der Waals surface area contributed by atoms with E-state index in [0.717, 1.165) is 18.7 Å². The van der Waals surface area contributed by atoms with Gasteiger partial charge in [-0.25, -0.2) is 4.79 Å². The fraction of sp³-hybridized carbons (Fsp3) is 0.588. The van der Waals surface area contributed by atoms with Crippen LogP contribution in [-0.4, -0.2) is 24.3 Å². The highest BCUT2D eigenvalue weighted by Crippen LogP contribution is 2.17. The highest BCUT2D eigenvalue weighted by atomic mass is 16.6. The predicted molar refractivity (Wildman–Crippen MR) is 85.6 cm³/mol. The van der Waals surface area contributed by atoms with Crippen LogP contribution in [0.3, 0.4) is 0 Å². The topological polar surface area (TPSA) is 50.4 Å². The molecular weight excluding hydrogens is 264 g/mol. The lowest BCUT2D eigenvalue weighted by Gasteiger charge is -2.23. The van der Waals surface area contributed by atoms with Crippen molar-refractivity contribution in [2.75, 3.05) is 11.9 Å². The summed E-state index contributed by atoms with van der Waals surface area (Å²) in [6.07, 6.45) is 4.40. The van der Waals surface area contributed by atoms with Crippen molar-refractivity contribution in [1.82, 2.24) is 5.32 Å². The molecule has 1 atom stereocenters. The van der Waals surface area contributed by atoms with E-state index in [1.54, 1.807) is 0 Å². The highest BCUT2D eigenvalue weighted by Gasteiger charge is 2.17. The number of amides is 1. The van der Waals surface area contributed by atoms with Gasteiger partial charge in [-0.05, 0) is 64.3 Å². The van der Waals surface area contributed by atoms with Gasteiger partial charge in [0, 0.05) is 11.7 Å². The van der Waals surface area contributed by atoms with E-state index in [0.29, 0.717) is 6.04 Å². The number of benzene rings is 1. The Morgan fingerprint density at radius 2 is 2.19 bits per heavy atom. The molecule has 116 valence electrons. The summed E-state index contributed by atoms with van der Waals surface area (Å²) in [5, 5.41) is 6.34. The minimum absolute atomic E-state index is 0.407. The van der Waals surface area contributed by atoms with Crippen LogP contribution in [0.5, 0.6) is 0 Å². The SMILES string of the molecule is CC(C)(C)OC(=O)Nc1cccc(CC2CCCCN2)c1. The number of hydrogen-bond acceptors (Lipinski definition) is 3. The molecule has 1 aliphatic rings. The van der Waals surface area contributed by atoms with Gasteiger partial charge in [0.1, 0.15) is 5.60 Å². The van der Waals surface area contributed by atoms with Gasteiger partial charge >= 0.3 is 6.09 Å². The van der Waals surface area contributed by atoms with E-state index < -0.39 is 11.7 Å². The first-order chi connectivity index (χ1) is 9.92. The van der Waals surface area contributed by atoms with Crippen LogP contribution in [0.1, 0.15) is 45.6 Å². The number of carbonyl (C=O) groups is 1. The average Bonchev–Trinajstić information content (AvgIpc) is 2.38. The van der Waals surface area contributed by atoms with Gasteiger partial charge < -0.3 is 10.1 Å². The maximum Gasteiger partial charge on any atom is 0.412 e. The second kappa shape index (κ2) is 6.94. The fourth-order valence-electron chi connectivity index (χ4n) is 2.58. The van der Waals surface area contributed by atoms with Crippen molar-refractivity contribution in [2.45, 2.75) is 58.1 Å². The quantitative estimate of drug-likeness (QED) is 0.892. The Morgan fingerprint density at radius 1 is 1.38 bits per heavy atom. The van der Waals surface area contributed by atoms with E-state index in [1.165, 1.54) is 24.8 Å². The Kier molecular flexibility index (Phi) is 5.23. The third kappa shape index (κ3) is 5.76. The summed E-state index contributed by atoms with van der Waals surface area (Å²) in [4.78, 5) is 11.8. The monoisotopic (exact) mass is 290 g/mol. The average molecular weight is 290 g/mol. The van der Waals surface area contributed by atoms with Crippen LogP contribution in [-0.2, 0) is 11.2 Å². The first-order valence-electron chi connectivity index (χ1n) is 7.75. The summed E-state index contributed by atoms with van der Waals surface area (Å²) < 4.78 is 5.27. The second-order valence-corrected chi connectivity index (χ2v) is 6.68. The molecule has 21 heavy (non-hydrogen) atoms. The Balaban J connectivity index is 1.92. The minimum Gasteiger partial charge on any atom is -0.444 e. The molecule has 0 spiro atoms. The van der Waals surface area contributed by atoms with Crippen molar-refractivity contribution in [3.63, 3.8) is 0 Å². The summed E-state index contributed by atoms with van der Waals surface area (Å²) in [5.74, 6) is 0. The number of carbonyl (C=O) groups excluding carboxylic acids is 1. The molecule has 0 aliphatic carbocycles. The lowest BCUT2D eigenvalue weighted by Crippen LogP contribution is -2.35. The van der Waals surface area contributed by atoms with Crippen molar-refractivity contribution in [3.8, 4) is 0 Å². The molecule has 2 N–H and O–H groups in total. The predicted octanol–water partition coefficient (Wildman–Crippen LogP) is 3.72. The maximum absolute atomic E-state index is 11.8.